The van der Waals surface area contributed by atoms with Crippen LogP contribution in [0.5, 0.6) is 0 Å². The zero-order chi connectivity index (χ0) is 13.5. The monoisotopic (exact) mass is 279 g/mol. The lowest BCUT2D eigenvalue weighted by molar-refractivity contribution is 0.0600. The summed E-state index contributed by atoms with van der Waals surface area (Å²) in [7, 11) is 1.40. The summed E-state index contributed by atoms with van der Waals surface area (Å²) >= 11 is 2.08. The molecule has 1 aliphatic rings. The average molecular weight is 279 g/mol. The number of benzene rings is 1. The van der Waals surface area contributed by atoms with Gasteiger partial charge in [0.25, 0.3) is 0 Å². The van der Waals surface area contributed by atoms with E-state index in [1.807, 2.05) is 24.3 Å². The van der Waals surface area contributed by atoms with E-state index in [1.165, 1.54) is 37.7 Å². The second-order valence-corrected chi connectivity index (χ2v) is 6.22. The normalized spacial score (nSPS) is 19.1. The minimum absolute atomic E-state index is 0.280. The molecule has 4 heteroatoms. The van der Waals surface area contributed by atoms with Crippen LogP contribution in [0.4, 0.5) is 0 Å². The first kappa shape index (κ1) is 14.4. The number of hydrogen-bond donors (Lipinski definition) is 1. The quantitative estimate of drug-likeness (QED) is 0.841. The standard InChI is InChI=1S/C15H21NO2S/c1-18-15(17)13-7-5-12(6-8-13)10-16-11-14-4-2-3-9-19-14/h5-8,14,16H,2-4,9-11H2,1H3. The minimum atomic E-state index is -0.280. The van der Waals surface area contributed by atoms with Crippen LogP contribution < -0.4 is 5.32 Å². The maximum absolute atomic E-state index is 11.3. The van der Waals surface area contributed by atoms with E-state index in [0.29, 0.717) is 5.56 Å². The fourth-order valence-electron chi connectivity index (χ4n) is 2.22. The van der Waals surface area contributed by atoms with Crippen molar-refractivity contribution >= 4 is 17.7 Å². The molecule has 19 heavy (non-hydrogen) atoms. The summed E-state index contributed by atoms with van der Waals surface area (Å²) in [5, 5.41) is 4.26. The van der Waals surface area contributed by atoms with E-state index in [2.05, 4.69) is 21.8 Å². The third-order valence-corrected chi connectivity index (χ3v) is 4.75. The third-order valence-electron chi connectivity index (χ3n) is 3.35. The summed E-state index contributed by atoms with van der Waals surface area (Å²) in [6, 6.07) is 7.59. The Kier molecular flexibility index (Phi) is 5.73. The van der Waals surface area contributed by atoms with Crippen molar-refractivity contribution in [2.75, 3.05) is 19.4 Å². The molecule has 3 nitrogen and oxygen atoms in total. The molecule has 1 aromatic carbocycles. The van der Waals surface area contributed by atoms with Gasteiger partial charge in [0.1, 0.15) is 0 Å². The van der Waals surface area contributed by atoms with E-state index >= 15 is 0 Å². The highest BCUT2D eigenvalue weighted by Crippen LogP contribution is 2.24. The topological polar surface area (TPSA) is 38.3 Å². The molecule has 0 spiro atoms. The zero-order valence-corrected chi connectivity index (χ0v) is 12.2. The molecule has 0 saturated carbocycles. The Morgan fingerprint density at radius 3 is 2.79 bits per heavy atom. The number of thioether (sulfide) groups is 1. The van der Waals surface area contributed by atoms with Gasteiger partial charge >= 0.3 is 5.97 Å². The number of hydrogen-bond acceptors (Lipinski definition) is 4. The maximum atomic E-state index is 11.3. The van der Waals surface area contributed by atoms with Gasteiger partial charge in [-0.1, -0.05) is 18.6 Å². The number of ether oxygens (including phenoxy) is 1. The average Bonchev–Trinajstić information content (AvgIpc) is 2.48. The maximum Gasteiger partial charge on any atom is 0.337 e. The fraction of sp³-hybridized carbons (Fsp3) is 0.533. The van der Waals surface area contributed by atoms with Gasteiger partial charge in [0, 0.05) is 18.3 Å². The lowest BCUT2D eigenvalue weighted by atomic mass is 10.1. The second-order valence-electron chi connectivity index (χ2n) is 4.81. The molecular formula is C15H21NO2S. The SMILES string of the molecule is COC(=O)c1ccc(CNCC2CCCCS2)cc1. The van der Waals surface area contributed by atoms with Crippen LogP contribution in [0, 0.1) is 0 Å². The van der Waals surface area contributed by atoms with Gasteiger partial charge < -0.3 is 10.1 Å². The van der Waals surface area contributed by atoms with Gasteiger partial charge in [-0.3, -0.25) is 0 Å². The third kappa shape index (κ3) is 4.55. The van der Waals surface area contributed by atoms with Crippen LogP contribution in [0.25, 0.3) is 0 Å². The summed E-state index contributed by atoms with van der Waals surface area (Å²) in [6.07, 6.45) is 4.07. The van der Waals surface area contributed by atoms with E-state index in [-0.39, 0.29) is 5.97 Å². The van der Waals surface area contributed by atoms with E-state index in [4.69, 9.17) is 0 Å². The highest BCUT2D eigenvalue weighted by atomic mass is 32.2. The molecule has 0 bridgehead atoms. The lowest BCUT2D eigenvalue weighted by Gasteiger charge is -2.21. The first-order chi connectivity index (χ1) is 9.29. The Morgan fingerprint density at radius 2 is 2.16 bits per heavy atom. The number of carbonyl (C=O) groups is 1. The van der Waals surface area contributed by atoms with Crippen LogP contribution in [-0.4, -0.2) is 30.6 Å². The Balaban J connectivity index is 1.75. The Labute approximate surface area is 119 Å². The van der Waals surface area contributed by atoms with Crippen molar-refractivity contribution in [3.63, 3.8) is 0 Å². The van der Waals surface area contributed by atoms with Gasteiger partial charge in [-0.25, -0.2) is 4.79 Å². The molecular weight excluding hydrogens is 258 g/mol. The molecule has 1 aliphatic heterocycles. The van der Waals surface area contributed by atoms with Crippen LogP contribution >= 0.6 is 11.8 Å². The van der Waals surface area contributed by atoms with Gasteiger partial charge in [-0.2, -0.15) is 11.8 Å². The Bertz CT molecular complexity index is 399. The summed E-state index contributed by atoms with van der Waals surface area (Å²) < 4.78 is 4.68. The van der Waals surface area contributed by atoms with E-state index < -0.39 is 0 Å². The molecule has 0 aliphatic carbocycles. The summed E-state index contributed by atoms with van der Waals surface area (Å²) in [5.74, 6) is 1.03. The highest BCUT2D eigenvalue weighted by Gasteiger charge is 2.13. The van der Waals surface area contributed by atoms with Crippen LogP contribution in [0.3, 0.4) is 0 Å². The number of rotatable bonds is 5. The fourth-order valence-corrected chi connectivity index (χ4v) is 3.50. The summed E-state index contributed by atoms with van der Waals surface area (Å²) in [4.78, 5) is 11.3. The van der Waals surface area contributed by atoms with Crippen molar-refractivity contribution in [1.29, 1.82) is 0 Å². The van der Waals surface area contributed by atoms with Crippen molar-refractivity contribution in [2.24, 2.45) is 0 Å². The predicted molar refractivity (Wildman–Crippen MR) is 79.6 cm³/mol. The molecule has 0 radical (unpaired) electrons. The zero-order valence-electron chi connectivity index (χ0n) is 11.4. The van der Waals surface area contributed by atoms with Crippen molar-refractivity contribution in [2.45, 2.75) is 31.1 Å². The van der Waals surface area contributed by atoms with Gasteiger partial charge in [-0.15, -0.1) is 0 Å². The second kappa shape index (κ2) is 7.56. The van der Waals surface area contributed by atoms with Gasteiger partial charge in [0.2, 0.25) is 0 Å². The first-order valence-corrected chi connectivity index (χ1v) is 7.84. The highest BCUT2D eigenvalue weighted by molar-refractivity contribution is 7.99. The molecule has 0 amide bonds. The first-order valence-electron chi connectivity index (χ1n) is 6.79. The van der Waals surface area contributed by atoms with E-state index in [1.54, 1.807) is 0 Å². The Hall–Kier alpha value is -1.00. The van der Waals surface area contributed by atoms with Gasteiger partial charge in [-0.05, 0) is 36.3 Å². The van der Waals surface area contributed by atoms with E-state index in [0.717, 1.165) is 18.3 Å². The molecule has 1 N–H and O–H groups in total. The predicted octanol–water partition coefficient (Wildman–Crippen LogP) is 2.85. The van der Waals surface area contributed by atoms with Gasteiger partial charge in [0.05, 0.1) is 12.7 Å². The minimum Gasteiger partial charge on any atom is -0.465 e. The number of carbonyl (C=O) groups excluding carboxylic acids is 1. The van der Waals surface area contributed by atoms with Crippen LogP contribution in [0.15, 0.2) is 24.3 Å². The molecule has 1 unspecified atom stereocenters. The van der Waals surface area contributed by atoms with Crippen LogP contribution in [0.2, 0.25) is 0 Å². The van der Waals surface area contributed by atoms with Crippen molar-refractivity contribution < 1.29 is 9.53 Å². The molecule has 1 atom stereocenters. The van der Waals surface area contributed by atoms with Crippen molar-refractivity contribution in [3.8, 4) is 0 Å². The smallest absolute Gasteiger partial charge is 0.337 e. The molecule has 104 valence electrons. The molecule has 1 heterocycles. The Morgan fingerprint density at radius 1 is 1.37 bits per heavy atom. The lowest BCUT2D eigenvalue weighted by Crippen LogP contribution is -2.26. The van der Waals surface area contributed by atoms with Crippen molar-refractivity contribution in [1.82, 2.24) is 5.32 Å². The molecule has 0 aromatic heterocycles. The molecule has 1 fully saturated rings. The molecule has 2 rings (SSSR count). The van der Waals surface area contributed by atoms with Crippen molar-refractivity contribution in [3.05, 3.63) is 35.4 Å². The number of esters is 1. The molecule has 1 saturated heterocycles. The number of methoxy groups -OCH3 is 1. The van der Waals surface area contributed by atoms with E-state index in [9.17, 15) is 4.79 Å². The largest absolute Gasteiger partial charge is 0.465 e. The summed E-state index contributed by atoms with van der Waals surface area (Å²) in [5.41, 5.74) is 1.81. The van der Waals surface area contributed by atoms with Crippen LogP contribution in [0.1, 0.15) is 35.2 Å². The molecule has 1 aromatic rings. The number of nitrogens with one attached hydrogen (secondary N) is 1. The summed E-state index contributed by atoms with van der Waals surface area (Å²) in [6.45, 7) is 1.93. The van der Waals surface area contributed by atoms with Crippen LogP contribution in [-0.2, 0) is 11.3 Å². The van der Waals surface area contributed by atoms with Gasteiger partial charge in [0.15, 0.2) is 0 Å².